The third-order valence-corrected chi connectivity index (χ3v) is 5.51. The zero-order valence-electron chi connectivity index (χ0n) is 15.6. The van der Waals surface area contributed by atoms with Crippen molar-refractivity contribution in [2.24, 2.45) is 5.92 Å². The SMILES string of the molecule is [C-]#[N+]c1cccc(-c2ccc3c(c2)C(=O)CC(C2CC(C)OC(C)C2)O3)c1. The Morgan fingerprint density at radius 1 is 1.04 bits per heavy atom. The van der Waals surface area contributed by atoms with E-state index in [2.05, 4.69) is 18.7 Å². The molecule has 138 valence electrons. The van der Waals surface area contributed by atoms with Crippen LogP contribution in [0.4, 0.5) is 5.69 Å². The molecule has 0 N–H and O–H groups in total. The molecule has 2 aliphatic rings. The molecule has 0 aromatic heterocycles. The zero-order valence-corrected chi connectivity index (χ0v) is 15.6. The Kier molecular flexibility index (Phi) is 4.72. The van der Waals surface area contributed by atoms with Crippen LogP contribution >= 0.6 is 0 Å². The van der Waals surface area contributed by atoms with Crippen LogP contribution in [-0.4, -0.2) is 24.1 Å². The van der Waals surface area contributed by atoms with Gasteiger partial charge in [0, 0.05) is 12.3 Å². The van der Waals surface area contributed by atoms with Crippen molar-refractivity contribution in [2.45, 2.75) is 51.4 Å². The summed E-state index contributed by atoms with van der Waals surface area (Å²) in [4.78, 5) is 16.3. The lowest BCUT2D eigenvalue weighted by atomic mass is 9.83. The van der Waals surface area contributed by atoms with Crippen LogP contribution in [0.3, 0.4) is 0 Å². The molecular weight excluding hydrogens is 338 g/mol. The Morgan fingerprint density at radius 2 is 1.78 bits per heavy atom. The molecule has 2 aliphatic heterocycles. The van der Waals surface area contributed by atoms with E-state index < -0.39 is 0 Å². The van der Waals surface area contributed by atoms with Gasteiger partial charge in [-0.25, -0.2) is 4.85 Å². The van der Waals surface area contributed by atoms with Crippen LogP contribution < -0.4 is 4.74 Å². The number of nitrogens with zero attached hydrogens (tertiary/aromatic N) is 1. The minimum absolute atomic E-state index is 0.0740. The molecule has 1 saturated heterocycles. The lowest BCUT2D eigenvalue weighted by Gasteiger charge is -2.38. The molecule has 0 saturated carbocycles. The number of hydrogen-bond acceptors (Lipinski definition) is 3. The topological polar surface area (TPSA) is 39.9 Å². The fourth-order valence-corrected chi connectivity index (χ4v) is 4.31. The first-order chi connectivity index (χ1) is 13.0. The normalized spacial score (nSPS) is 27.4. The Labute approximate surface area is 159 Å². The molecule has 0 aliphatic carbocycles. The van der Waals surface area contributed by atoms with Gasteiger partial charge < -0.3 is 9.47 Å². The van der Waals surface area contributed by atoms with E-state index in [4.69, 9.17) is 16.0 Å². The van der Waals surface area contributed by atoms with E-state index in [1.807, 2.05) is 36.4 Å². The third-order valence-electron chi connectivity index (χ3n) is 5.51. The van der Waals surface area contributed by atoms with Crippen LogP contribution in [0.2, 0.25) is 0 Å². The van der Waals surface area contributed by atoms with Crippen molar-refractivity contribution in [3.63, 3.8) is 0 Å². The summed E-state index contributed by atoms with van der Waals surface area (Å²) in [5.74, 6) is 1.15. The number of ketones is 1. The van der Waals surface area contributed by atoms with Gasteiger partial charge >= 0.3 is 0 Å². The van der Waals surface area contributed by atoms with Gasteiger partial charge in [0.25, 0.3) is 0 Å². The van der Waals surface area contributed by atoms with Crippen molar-refractivity contribution in [1.82, 2.24) is 0 Å². The van der Waals surface area contributed by atoms with E-state index in [1.54, 1.807) is 6.07 Å². The summed E-state index contributed by atoms with van der Waals surface area (Å²) in [5.41, 5.74) is 3.11. The van der Waals surface area contributed by atoms with E-state index in [-0.39, 0.29) is 24.1 Å². The van der Waals surface area contributed by atoms with E-state index in [9.17, 15) is 4.79 Å². The van der Waals surface area contributed by atoms with E-state index >= 15 is 0 Å². The van der Waals surface area contributed by atoms with Crippen LogP contribution in [-0.2, 0) is 4.74 Å². The lowest BCUT2D eigenvalue weighted by molar-refractivity contribution is -0.0749. The molecule has 27 heavy (non-hydrogen) atoms. The molecule has 3 atom stereocenters. The maximum atomic E-state index is 12.8. The first kappa shape index (κ1) is 17.8. The number of carbonyl (C=O) groups is 1. The summed E-state index contributed by atoms with van der Waals surface area (Å²) in [5, 5.41) is 0. The highest BCUT2D eigenvalue weighted by Crippen LogP contribution is 2.38. The number of rotatable bonds is 2. The standard InChI is InChI=1S/C23H23NO3/c1-14-9-18(10-15(2)26-14)23-13-21(25)20-12-17(7-8-22(20)27-23)16-5-4-6-19(11-16)24-3/h4-8,11-12,14-15,18,23H,9-10,13H2,1-2H3. The predicted octanol–water partition coefficient (Wildman–Crippen LogP) is 5.44. The summed E-state index contributed by atoms with van der Waals surface area (Å²) >= 11 is 0. The number of fused-ring (bicyclic) bond motifs is 1. The number of benzene rings is 2. The fraction of sp³-hybridized carbons (Fsp3) is 0.391. The highest BCUT2D eigenvalue weighted by molar-refractivity contribution is 6.01. The van der Waals surface area contributed by atoms with E-state index in [0.717, 1.165) is 24.0 Å². The minimum atomic E-state index is -0.0740. The second-order valence-corrected chi connectivity index (χ2v) is 7.65. The van der Waals surface area contributed by atoms with Crippen molar-refractivity contribution in [3.8, 4) is 16.9 Å². The van der Waals surface area contributed by atoms with Gasteiger partial charge in [-0.3, -0.25) is 4.79 Å². The lowest BCUT2D eigenvalue weighted by Crippen LogP contribution is -2.41. The van der Waals surface area contributed by atoms with Crippen LogP contribution in [0.5, 0.6) is 5.75 Å². The Hall–Kier alpha value is -2.64. The summed E-state index contributed by atoms with van der Waals surface area (Å²) < 4.78 is 12.1. The van der Waals surface area contributed by atoms with Crippen molar-refractivity contribution in [2.75, 3.05) is 0 Å². The molecule has 0 bridgehead atoms. The number of hydrogen-bond donors (Lipinski definition) is 0. The predicted molar refractivity (Wildman–Crippen MR) is 104 cm³/mol. The molecule has 4 rings (SSSR count). The zero-order chi connectivity index (χ0) is 19.0. The Balaban J connectivity index is 1.60. The van der Waals surface area contributed by atoms with Crippen molar-refractivity contribution >= 4 is 11.5 Å². The average molecular weight is 361 g/mol. The number of Topliss-reactive ketones (excluding diaryl/α,β-unsaturated/α-hetero) is 1. The van der Waals surface area contributed by atoms with Crippen molar-refractivity contribution in [3.05, 3.63) is 59.4 Å². The molecule has 3 unspecified atom stereocenters. The first-order valence-electron chi connectivity index (χ1n) is 9.50. The highest BCUT2D eigenvalue weighted by Gasteiger charge is 2.36. The van der Waals surface area contributed by atoms with Gasteiger partial charge in [-0.1, -0.05) is 24.3 Å². The van der Waals surface area contributed by atoms with E-state index in [1.165, 1.54) is 0 Å². The van der Waals surface area contributed by atoms with Crippen LogP contribution in [0, 0.1) is 12.5 Å². The first-order valence-corrected chi connectivity index (χ1v) is 9.50. The number of carbonyl (C=O) groups excluding carboxylic acids is 1. The Morgan fingerprint density at radius 3 is 2.52 bits per heavy atom. The molecule has 0 spiro atoms. The molecule has 0 amide bonds. The molecule has 2 aromatic rings. The van der Waals surface area contributed by atoms with E-state index in [0.29, 0.717) is 29.3 Å². The van der Waals surface area contributed by atoms with Gasteiger partial charge in [0.1, 0.15) is 11.9 Å². The molecular formula is C23H23NO3. The van der Waals surface area contributed by atoms with Gasteiger partial charge in [0.15, 0.2) is 11.5 Å². The largest absolute Gasteiger partial charge is 0.489 e. The molecule has 2 aromatic carbocycles. The molecule has 0 radical (unpaired) electrons. The van der Waals surface area contributed by atoms with Gasteiger partial charge in [-0.2, -0.15) is 0 Å². The second-order valence-electron chi connectivity index (χ2n) is 7.65. The Bertz CT molecular complexity index is 904. The van der Waals surface area contributed by atoms with Gasteiger partial charge in [-0.15, -0.1) is 0 Å². The molecule has 2 heterocycles. The molecule has 4 nitrogen and oxygen atoms in total. The maximum absolute atomic E-state index is 12.8. The fourth-order valence-electron chi connectivity index (χ4n) is 4.31. The van der Waals surface area contributed by atoms with Crippen molar-refractivity contribution < 1.29 is 14.3 Å². The van der Waals surface area contributed by atoms with Crippen LogP contribution in [0.1, 0.15) is 43.5 Å². The quantitative estimate of drug-likeness (QED) is 0.669. The summed E-state index contributed by atoms with van der Waals surface area (Å²) in [6, 6.07) is 13.2. The average Bonchev–Trinajstić information content (AvgIpc) is 2.67. The molecule has 1 fully saturated rings. The van der Waals surface area contributed by atoms with Gasteiger partial charge in [-0.05, 0) is 56.0 Å². The summed E-state index contributed by atoms with van der Waals surface area (Å²) in [7, 11) is 0. The maximum Gasteiger partial charge on any atom is 0.187 e. The smallest absolute Gasteiger partial charge is 0.187 e. The summed E-state index contributed by atoms with van der Waals surface area (Å²) in [6.45, 7) is 11.4. The van der Waals surface area contributed by atoms with Crippen LogP contribution in [0.25, 0.3) is 16.0 Å². The molecule has 4 heteroatoms. The van der Waals surface area contributed by atoms with Gasteiger partial charge in [0.05, 0.1) is 24.3 Å². The van der Waals surface area contributed by atoms with Gasteiger partial charge in [0.2, 0.25) is 0 Å². The minimum Gasteiger partial charge on any atom is -0.489 e. The van der Waals surface area contributed by atoms with Crippen LogP contribution in [0.15, 0.2) is 42.5 Å². The second kappa shape index (κ2) is 7.17. The monoisotopic (exact) mass is 361 g/mol. The highest BCUT2D eigenvalue weighted by atomic mass is 16.5. The third kappa shape index (κ3) is 3.61. The summed E-state index contributed by atoms with van der Waals surface area (Å²) in [6.07, 6.45) is 2.61. The van der Waals surface area contributed by atoms with Crippen molar-refractivity contribution in [1.29, 1.82) is 0 Å². The number of ether oxygens (including phenoxy) is 2.